The Hall–Kier alpha value is -1.06. The predicted molar refractivity (Wildman–Crippen MR) is 52.5 cm³/mol. The van der Waals surface area contributed by atoms with Crippen LogP contribution in [-0.4, -0.2) is 22.2 Å². The number of aliphatic carboxylic acids is 2. The van der Waals surface area contributed by atoms with Gasteiger partial charge < -0.3 is 10.2 Å². The second kappa shape index (κ2) is 3.22. The van der Waals surface area contributed by atoms with E-state index in [-0.39, 0.29) is 5.41 Å². The minimum atomic E-state index is -1.47. The van der Waals surface area contributed by atoms with Crippen LogP contribution in [0.3, 0.4) is 0 Å². The zero-order valence-corrected chi connectivity index (χ0v) is 8.66. The molecular formula is C11H16O4. The Labute approximate surface area is 88.3 Å². The normalized spacial score (nSPS) is 26.9. The third-order valence-electron chi connectivity index (χ3n) is 4.09. The summed E-state index contributed by atoms with van der Waals surface area (Å²) in [5, 5.41) is 18.0. The van der Waals surface area contributed by atoms with E-state index in [2.05, 4.69) is 0 Å². The van der Waals surface area contributed by atoms with Crippen LogP contribution in [-0.2, 0) is 9.59 Å². The summed E-state index contributed by atoms with van der Waals surface area (Å²) < 4.78 is 0. The van der Waals surface area contributed by atoms with Gasteiger partial charge in [0.2, 0.25) is 0 Å². The minimum Gasteiger partial charge on any atom is -0.480 e. The molecule has 2 aliphatic carbocycles. The lowest BCUT2D eigenvalue weighted by molar-refractivity contribution is -0.186. The molecule has 2 saturated carbocycles. The van der Waals surface area contributed by atoms with Crippen LogP contribution < -0.4 is 0 Å². The van der Waals surface area contributed by atoms with Crippen LogP contribution in [0.2, 0.25) is 0 Å². The SMILES string of the molecule is O=C(O)C1(C(=O)O)CC2(CCCCC2)C1. The molecule has 84 valence electrons. The molecule has 0 aromatic carbocycles. The molecule has 15 heavy (non-hydrogen) atoms. The Morgan fingerprint density at radius 1 is 0.867 bits per heavy atom. The first-order valence-electron chi connectivity index (χ1n) is 5.48. The molecule has 0 unspecified atom stereocenters. The van der Waals surface area contributed by atoms with Crippen LogP contribution in [0.4, 0.5) is 0 Å². The monoisotopic (exact) mass is 212 g/mol. The van der Waals surface area contributed by atoms with E-state index in [0.717, 1.165) is 25.7 Å². The molecule has 0 amide bonds. The molecule has 4 nitrogen and oxygen atoms in total. The summed E-state index contributed by atoms with van der Waals surface area (Å²) in [4.78, 5) is 22.0. The lowest BCUT2D eigenvalue weighted by Crippen LogP contribution is -2.56. The van der Waals surface area contributed by atoms with Gasteiger partial charge in [0.15, 0.2) is 5.41 Å². The molecule has 4 heteroatoms. The third-order valence-corrected chi connectivity index (χ3v) is 4.09. The van der Waals surface area contributed by atoms with Gasteiger partial charge in [0, 0.05) is 0 Å². The summed E-state index contributed by atoms with van der Waals surface area (Å²) in [5.41, 5.74) is -1.44. The van der Waals surface area contributed by atoms with Gasteiger partial charge in [-0.05, 0) is 31.1 Å². The highest BCUT2D eigenvalue weighted by molar-refractivity contribution is 5.99. The molecule has 0 aromatic rings. The topological polar surface area (TPSA) is 74.6 Å². The second-order valence-electron chi connectivity index (χ2n) is 5.11. The molecule has 0 heterocycles. The van der Waals surface area contributed by atoms with Gasteiger partial charge in [-0.2, -0.15) is 0 Å². The smallest absolute Gasteiger partial charge is 0.321 e. The summed E-state index contributed by atoms with van der Waals surface area (Å²) in [6, 6.07) is 0. The zero-order chi connectivity index (χ0) is 11.1. The number of carboxylic acids is 2. The Balaban J connectivity index is 2.10. The Bertz CT molecular complexity index is 278. The van der Waals surface area contributed by atoms with E-state index < -0.39 is 17.4 Å². The van der Waals surface area contributed by atoms with E-state index in [9.17, 15) is 9.59 Å². The van der Waals surface area contributed by atoms with Crippen LogP contribution >= 0.6 is 0 Å². The standard InChI is InChI=1S/C11H16O4/c12-8(13)11(9(14)15)6-10(7-11)4-2-1-3-5-10/h1-7H2,(H,12,13)(H,14,15). The first-order chi connectivity index (χ1) is 7.01. The number of rotatable bonds is 2. The van der Waals surface area contributed by atoms with Gasteiger partial charge in [-0.15, -0.1) is 0 Å². The molecule has 1 spiro atoms. The van der Waals surface area contributed by atoms with E-state index in [4.69, 9.17) is 10.2 Å². The molecule has 2 rings (SSSR count). The van der Waals surface area contributed by atoms with Gasteiger partial charge in [0.05, 0.1) is 0 Å². The summed E-state index contributed by atoms with van der Waals surface area (Å²) >= 11 is 0. The minimum absolute atomic E-state index is 0.0367. The average molecular weight is 212 g/mol. The lowest BCUT2D eigenvalue weighted by Gasteiger charge is -2.53. The van der Waals surface area contributed by atoms with Crippen molar-refractivity contribution in [3.63, 3.8) is 0 Å². The van der Waals surface area contributed by atoms with Crippen molar-refractivity contribution in [1.82, 2.24) is 0 Å². The lowest BCUT2D eigenvalue weighted by atomic mass is 9.48. The highest BCUT2D eigenvalue weighted by atomic mass is 16.4. The van der Waals surface area contributed by atoms with Gasteiger partial charge >= 0.3 is 11.9 Å². The van der Waals surface area contributed by atoms with Gasteiger partial charge in [-0.1, -0.05) is 19.3 Å². The third kappa shape index (κ3) is 1.43. The number of hydrogen-bond donors (Lipinski definition) is 2. The zero-order valence-electron chi connectivity index (χ0n) is 8.66. The van der Waals surface area contributed by atoms with Gasteiger partial charge in [-0.3, -0.25) is 9.59 Å². The van der Waals surface area contributed by atoms with Gasteiger partial charge in [-0.25, -0.2) is 0 Å². The van der Waals surface area contributed by atoms with E-state index in [1.165, 1.54) is 6.42 Å². The molecule has 2 fully saturated rings. The maximum atomic E-state index is 11.0. The molecule has 0 atom stereocenters. The fourth-order valence-corrected chi connectivity index (χ4v) is 3.28. The Kier molecular flexibility index (Phi) is 2.24. The summed E-state index contributed by atoms with van der Waals surface area (Å²) in [5.74, 6) is -2.32. The molecule has 2 aliphatic rings. The van der Waals surface area contributed by atoms with Gasteiger partial charge in [0.25, 0.3) is 0 Å². The van der Waals surface area contributed by atoms with Crippen molar-refractivity contribution in [2.75, 3.05) is 0 Å². The molecule has 0 radical (unpaired) electrons. The molecule has 0 aromatic heterocycles. The molecule has 0 aliphatic heterocycles. The fourth-order valence-electron chi connectivity index (χ4n) is 3.28. The van der Waals surface area contributed by atoms with Crippen LogP contribution in [0, 0.1) is 10.8 Å². The van der Waals surface area contributed by atoms with Crippen LogP contribution in [0.1, 0.15) is 44.9 Å². The molecule has 0 bridgehead atoms. The molecular weight excluding hydrogens is 196 g/mol. The first-order valence-corrected chi connectivity index (χ1v) is 5.48. The summed E-state index contributed by atoms with van der Waals surface area (Å²) in [6.07, 6.45) is 6.14. The maximum absolute atomic E-state index is 11.0. The van der Waals surface area contributed by atoms with E-state index >= 15 is 0 Å². The number of carbonyl (C=O) groups is 2. The van der Waals surface area contributed by atoms with Gasteiger partial charge in [0.1, 0.15) is 0 Å². The van der Waals surface area contributed by atoms with Crippen LogP contribution in [0.25, 0.3) is 0 Å². The second-order valence-corrected chi connectivity index (χ2v) is 5.11. The predicted octanol–water partition coefficient (Wildman–Crippen LogP) is 1.89. The van der Waals surface area contributed by atoms with Crippen molar-refractivity contribution in [1.29, 1.82) is 0 Å². The van der Waals surface area contributed by atoms with E-state index in [1.807, 2.05) is 0 Å². The van der Waals surface area contributed by atoms with Crippen molar-refractivity contribution < 1.29 is 19.8 Å². The van der Waals surface area contributed by atoms with E-state index in [0.29, 0.717) is 12.8 Å². The van der Waals surface area contributed by atoms with Crippen molar-refractivity contribution >= 4 is 11.9 Å². The van der Waals surface area contributed by atoms with Crippen molar-refractivity contribution in [3.8, 4) is 0 Å². The average Bonchev–Trinajstić information content (AvgIpc) is 2.14. The van der Waals surface area contributed by atoms with Crippen molar-refractivity contribution in [2.24, 2.45) is 10.8 Å². The quantitative estimate of drug-likeness (QED) is 0.685. The first kappa shape index (κ1) is 10.5. The molecule has 0 saturated heterocycles. The highest BCUT2D eigenvalue weighted by Crippen LogP contribution is 2.61. The number of hydrogen-bond acceptors (Lipinski definition) is 2. The Morgan fingerprint density at radius 2 is 1.33 bits per heavy atom. The van der Waals surface area contributed by atoms with Crippen LogP contribution in [0.15, 0.2) is 0 Å². The highest BCUT2D eigenvalue weighted by Gasteiger charge is 2.63. The van der Waals surface area contributed by atoms with E-state index in [1.54, 1.807) is 0 Å². The summed E-state index contributed by atoms with van der Waals surface area (Å²) in [7, 11) is 0. The largest absolute Gasteiger partial charge is 0.480 e. The molecule has 2 N–H and O–H groups in total. The van der Waals surface area contributed by atoms with Crippen molar-refractivity contribution in [3.05, 3.63) is 0 Å². The van der Waals surface area contributed by atoms with Crippen molar-refractivity contribution in [2.45, 2.75) is 44.9 Å². The Morgan fingerprint density at radius 3 is 1.73 bits per heavy atom. The van der Waals surface area contributed by atoms with Crippen LogP contribution in [0.5, 0.6) is 0 Å². The summed E-state index contributed by atoms with van der Waals surface area (Å²) in [6.45, 7) is 0. The fraction of sp³-hybridized carbons (Fsp3) is 0.818. The number of carboxylic acid groups (broad SMARTS) is 2. The maximum Gasteiger partial charge on any atom is 0.321 e.